The summed E-state index contributed by atoms with van der Waals surface area (Å²) < 4.78 is 32.1. The Morgan fingerprint density at radius 3 is 2.50 bits per heavy atom. The molecule has 0 heterocycles. The lowest BCUT2D eigenvalue weighted by molar-refractivity contribution is 0.0697. The van der Waals surface area contributed by atoms with Crippen LogP contribution >= 0.6 is 0 Å². The molecule has 0 unspecified atom stereocenters. The summed E-state index contributed by atoms with van der Waals surface area (Å²) in [6.45, 7) is 5.88. The van der Waals surface area contributed by atoms with E-state index in [-0.39, 0.29) is 23.1 Å². The maximum Gasteiger partial charge on any atom is 0.337 e. The number of hydrogen-bond acceptors (Lipinski definition) is 5. The smallest absolute Gasteiger partial charge is 0.337 e. The number of nitrogens with one attached hydrogen (secondary N) is 2. The number of aromatic carboxylic acids is 1. The van der Waals surface area contributed by atoms with E-state index in [1.807, 2.05) is 13.8 Å². The third-order valence-electron chi connectivity index (χ3n) is 3.43. The minimum Gasteiger partial charge on any atom is -0.478 e. The molecule has 1 rings (SSSR count). The Morgan fingerprint density at radius 1 is 1.29 bits per heavy atom. The van der Waals surface area contributed by atoms with Gasteiger partial charge in [-0.1, -0.05) is 13.3 Å². The molecule has 0 bridgehead atoms. The van der Waals surface area contributed by atoms with Crippen LogP contribution in [0.1, 0.15) is 44.0 Å². The van der Waals surface area contributed by atoms with Gasteiger partial charge in [-0.3, -0.25) is 0 Å². The highest BCUT2D eigenvalue weighted by Crippen LogP contribution is 2.22. The van der Waals surface area contributed by atoms with Crippen LogP contribution in [-0.2, 0) is 14.8 Å². The topological polar surface area (TPSA) is 105 Å². The van der Waals surface area contributed by atoms with E-state index in [9.17, 15) is 18.3 Å². The summed E-state index contributed by atoms with van der Waals surface area (Å²) in [5.74, 6) is -1.18. The van der Waals surface area contributed by atoms with Crippen molar-refractivity contribution in [2.24, 2.45) is 0 Å². The molecule has 0 aliphatic carbocycles. The SMILES string of the molecule is CCC[C@@H](C)Nc1ccc(S(=O)(=O)N[C@@H](C)COC)cc1C(=O)O. The summed E-state index contributed by atoms with van der Waals surface area (Å²) in [6.07, 6.45) is 1.85. The molecule has 1 aromatic rings. The summed E-state index contributed by atoms with van der Waals surface area (Å²) in [6, 6.07) is 3.73. The number of carboxylic acid groups (broad SMARTS) is 1. The van der Waals surface area contributed by atoms with Gasteiger partial charge in [0.1, 0.15) is 0 Å². The van der Waals surface area contributed by atoms with Crippen LogP contribution in [0.15, 0.2) is 23.1 Å². The van der Waals surface area contributed by atoms with Crippen LogP contribution in [0.25, 0.3) is 0 Å². The number of carbonyl (C=O) groups is 1. The second kappa shape index (κ2) is 9.00. The predicted octanol–water partition coefficient (Wildman–Crippen LogP) is 2.30. The van der Waals surface area contributed by atoms with Crippen molar-refractivity contribution >= 4 is 21.7 Å². The van der Waals surface area contributed by atoms with Gasteiger partial charge >= 0.3 is 5.97 Å². The van der Waals surface area contributed by atoms with Crippen molar-refractivity contribution in [3.63, 3.8) is 0 Å². The zero-order chi connectivity index (χ0) is 18.3. The fourth-order valence-corrected chi connectivity index (χ4v) is 3.63. The van der Waals surface area contributed by atoms with E-state index in [4.69, 9.17) is 4.74 Å². The van der Waals surface area contributed by atoms with Crippen molar-refractivity contribution in [3.8, 4) is 0 Å². The van der Waals surface area contributed by atoms with Gasteiger partial charge in [0, 0.05) is 24.9 Å². The highest BCUT2D eigenvalue weighted by atomic mass is 32.2. The third-order valence-corrected chi connectivity index (χ3v) is 5.02. The van der Waals surface area contributed by atoms with Crippen LogP contribution in [0.4, 0.5) is 5.69 Å². The fraction of sp³-hybridized carbons (Fsp3) is 0.562. The maximum atomic E-state index is 12.3. The van der Waals surface area contributed by atoms with E-state index in [2.05, 4.69) is 10.0 Å². The molecule has 24 heavy (non-hydrogen) atoms. The van der Waals surface area contributed by atoms with Gasteiger partial charge in [0.05, 0.1) is 17.1 Å². The molecule has 0 aliphatic rings. The monoisotopic (exact) mass is 358 g/mol. The lowest BCUT2D eigenvalue weighted by atomic mass is 10.1. The molecule has 0 aliphatic heterocycles. The Morgan fingerprint density at radius 2 is 1.96 bits per heavy atom. The highest BCUT2D eigenvalue weighted by molar-refractivity contribution is 7.89. The molecule has 1 aromatic carbocycles. The van der Waals surface area contributed by atoms with E-state index >= 15 is 0 Å². The van der Waals surface area contributed by atoms with Gasteiger partial charge in [-0.15, -0.1) is 0 Å². The maximum absolute atomic E-state index is 12.3. The largest absolute Gasteiger partial charge is 0.478 e. The first-order chi connectivity index (χ1) is 11.2. The van der Waals surface area contributed by atoms with Gasteiger partial charge in [0.15, 0.2) is 0 Å². The standard InChI is InChI=1S/C16H26N2O5S/c1-5-6-11(2)17-15-8-7-13(9-14(15)16(19)20)24(21,22)18-12(3)10-23-4/h7-9,11-12,17-18H,5-6,10H2,1-4H3,(H,19,20)/t11-,12+/m1/s1. The van der Waals surface area contributed by atoms with E-state index < -0.39 is 22.0 Å². The van der Waals surface area contributed by atoms with Crippen LogP contribution in [0.3, 0.4) is 0 Å². The number of hydrogen-bond donors (Lipinski definition) is 3. The molecule has 7 nitrogen and oxygen atoms in total. The first-order valence-corrected chi connectivity index (χ1v) is 9.34. The number of sulfonamides is 1. The van der Waals surface area contributed by atoms with Crippen molar-refractivity contribution in [2.45, 2.75) is 50.6 Å². The molecular formula is C16H26N2O5S. The molecule has 2 atom stereocenters. The van der Waals surface area contributed by atoms with Gasteiger partial charge in [-0.25, -0.2) is 17.9 Å². The number of rotatable bonds is 10. The molecule has 136 valence electrons. The highest BCUT2D eigenvalue weighted by Gasteiger charge is 2.21. The average molecular weight is 358 g/mol. The van der Waals surface area contributed by atoms with E-state index in [1.54, 1.807) is 6.92 Å². The van der Waals surface area contributed by atoms with Crippen molar-refractivity contribution < 1.29 is 23.1 Å². The van der Waals surface area contributed by atoms with E-state index in [0.29, 0.717) is 5.69 Å². The number of benzene rings is 1. The van der Waals surface area contributed by atoms with Gasteiger partial charge < -0.3 is 15.2 Å². The lowest BCUT2D eigenvalue weighted by Crippen LogP contribution is -2.35. The normalized spacial score (nSPS) is 14.2. The summed E-state index contributed by atoms with van der Waals surface area (Å²) in [5.41, 5.74) is 0.340. The number of ether oxygens (including phenoxy) is 1. The van der Waals surface area contributed by atoms with Gasteiger partial charge in [0.25, 0.3) is 0 Å². The molecule has 0 aromatic heterocycles. The lowest BCUT2D eigenvalue weighted by Gasteiger charge is -2.18. The second-order valence-electron chi connectivity index (χ2n) is 5.82. The zero-order valence-corrected chi connectivity index (χ0v) is 15.3. The summed E-state index contributed by atoms with van der Waals surface area (Å²) in [7, 11) is -2.34. The quantitative estimate of drug-likeness (QED) is 0.593. The fourth-order valence-electron chi connectivity index (χ4n) is 2.38. The summed E-state index contributed by atoms with van der Waals surface area (Å²) in [4.78, 5) is 11.4. The van der Waals surface area contributed by atoms with Crippen LogP contribution in [0.5, 0.6) is 0 Å². The van der Waals surface area contributed by atoms with E-state index in [1.165, 1.54) is 25.3 Å². The van der Waals surface area contributed by atoms with Gasteiger partial charge in [-0.05, 0) is 38.5 Å². The number of methoxy groups -OCH3 is 1. The van der Waals surface area contributed by atoms with Crippen molar-refractivity contribution in [2.75, 3.05) is 19.0 Å². The minimum absolute atomic E-state index is 0.0692. The minimum atomic E-state index is -3.81. The molecule has 0 saturated heterocycles. The van der Waals surface area contributed by atoms with Crippen molar-refractivity contribution in [1.82, 2.24) is 4.72 Å². The Labute approximate surface area is 143 Å². The molecule has 0 fully saturated rings. The number of anilines is 1. The molecule has 8 heteroatoms. The van der Waals surface area contributed by atoms with Crippen molar-refractivity contribution in [1.29, 1.82) is 0 Å². The summed E-state index contributed by atoms with van der Waals surface area (Å²) >= 11 is 0. The molecule has 0 saturated carbocycles. The van der Waals surface area contributed by atoms with Gasteiger partial charge in [-0.2, -0.15) is 0 Å². The zero-order valence-electron chi connectivity index (χ0n) is 14.5. The molecular weight excluding hydrogens is 332 g/mol. The van der Waals surface area contributed by atoms with Crippen LogP contribution in [-0.4, -0.2) is 45.3 Å². The van der Waals surface area contributed by atoms with Crippen LogP contribution in [0.2, 0.25) is 0 Å². The molecule has 0 radical (unpaired) electrons. The Balaban J connectivity index is 3.11. The third kappa shape index (κ3) is 5.77. The Kier molecular flexibility index (Phi) is 7.65. The number of carboxylic acids is 1. The van der Waals surface area contributed by atoms with Gasteiger partial charge in [0.2, 0.25) is 10.0 Å². The molecule has 0 spiro atoms. The Hall–Kier alpha value is -1.64. The summed E-state index contributed by atoms with van der Waals surface area (Å²) in [5, 5.41) is 12.5. The van der Waals surface area contributed by atoms with Crippen LogP contribution in [0, 0.1) is 0 Å². The molecule has 0 amide bonds. The average Bonchev–Trinajstić information content (AvgIpc) is 2.47. The second-order valence-corrected chi connectivity index (χ2v) is 7.54. The van der Waals surface area contributed by atoms with Crippen LogP contribution < -0.4 is 10.0 Å². The first kappa shape index (κ1) is 20.4. The first-order valence-electron chi connectivity index (χ1n) is 7.86. The predicted molar refractivity (Wildman–Crippen MR) is 93.1 cm³/mol. The molecule has 3 N–H and O–H groups in total. The van der Waals surface area contributed by atoms with Crippen molar-refractivity contribution in [3.05, 3.63) is 23.8 Å². The van der Waals surface area contributed by atoms with E-state index in [0.717, 1.165) is 12.8 Å². The Bertz CT molecular complexity index is 660.